The zero-order chi connectivity index (χ0) is 19.1. The number of aromatic nitrogens is 2. The summed E-state index contributed by atoms with van der Waals surface area (Å²) in [6, 6.07) is 9.59. The van der Waals surface area contributed by atoms with Crippen LogP contribution in [-0.4, -0.2) is 22.4 Å². The third kappa shape index (κ3) is 5.64. The predicted octanol–water partition coefficient (Wildman–Crippen LogP) is 4.90. The number of amides is 1. The van der Waals surface area contributed by atoms with E-state index >= 15 is 0 Å². The van der Waals surface area contributed by atoms with Crippen molar-refractivity contribution < 1.29 is 4.79 Å². The Labute approximate surface area is 161 Å². The topological polar surface area (TPSA) is 66.9 Å². The fourth-order valence-corrected chi connectivity index (χ4v) is 3.25. The number of hydrogen-bond acceptors (Lipinski definition) is 4. The highest BCUT2D eigenvalue weighted by atomic mass is 16.1. The summed E-state index contributed by atoms with van der Waals surface area (Å²) in [5.74, 6) is 0.292. The summed E-state index contributed by atoms with van der Waals surface area (Å²) in [7, 11) is 0. The first-order valence-electron chi connectivity index (χ1n) is 9.82. The maximum Gasteiger partial charge on any atom is 0.274 e. The highest BCUT2D eigenvalue weighted by Crippen LogP contribution is 2.20. The van der Waals surface area contributed by atoms with Crippen molar-refractivity contribution in [3.63, 3.8) is 0 Å². The summed E-state index contributed by atoms with van der Waals surface area (Å²) in [5.41, 5.74) is 4.67. The van der Waals surface area contributed by atoms with Crippen LogP contribution >= 0.6 is 0 Å². The Balaban J connectivity index is 1.61. The Morgan fingerprint density at radius 2 is 1.96 bits per heavy atom. The first-order chi connectivity index (χ1) is 13.1. The second kappa shape index (κ2) is 9.31. The SMILES string of the molecule is CCc1ccc(NC(=O)c2cc(C)nc(NCCC3=CCCCC3)n2)cc1. The highest BCUT2D eigenvalue weighted by molar-refractivity contribution is 6.03. The van der Waals surface area contributed by atoms with Gasteiger partial charge in [-0.2, -0.15) is 0 Å². The highest BCUT2D eigenvalue weighted by Gasteiger charge is 2.11. The van der Waals surface area contributed by atoms with Crippen LogP contribution in [0.1, 0.15) is 60.8 Å². The zero-order valence-electron chi connectivity index (χ0n) is 16.2. The maximum absolute atomic E-state index is 12.6. The number of hydrogen-bond donors (Lipinski definition) is 2. The Morgan fingerprint density at radius 1 is 1.15 bits per heavy atom. The lowest BCUT2D eigenvalue weighted by Gasteiger charge is -2.13. The summed E-state index contributed by atoms with van der Waals surface area (Å²) in [5, 5.41) is 6.17. The van der Waals surface area contributed by atoms with Crippen LogP contribution in [0.2, 0.25) is 0 Å². The largest absolute Gasteiger partial charge is 0.354 e. The molecule has 1 heterocycles. The number of allylic oxidation sites excluding steroid dienone is 1. The van der Waals surface area contributed by atoms with Gasteiger partial charge in [-0.3, -0.25) is 4.79 Å². The van der Waals surface area contributed by atoms with Gasteiger partial charge in [-0.25, -0.2) is 9.97 Å². The van der Waals surface area contributed by atoms with Gasteiger partial charge in [-0.1, -0.05) is 30.7 Å². The molecule has 0 spiro atoms. The van der Waals surface area contributed by atoms with Crippen molar-refractivity contribution in [1.82, 2.24) is 9.97 Å². The summed E-state index contributed by atoms with van der Waals surface area (Å²) in [6.07, 6.45) is 9.31. The summed E-state index contributed by atoms with van der Waals surface area (Å²) >= 11 is 0. The number of carbonyl (C=O) groups is 1. The van der Waals surface area contributed by atoms with Crippen LogP contribution in [0, 0.1) is 6.92 Å². The predicted molar refractivity (Wildman–Crippen MR) is 110 cm³/mol. The minimum atomic E-state index is -0.220. The molecule has 0 unspecified atom stereocenters. The number of carbonyl (C=O) groups excluding carboxylic acids is 1. The van der Waals surface area contributed by atoms with Gasteiger partial charge in [0.1, 0.15) is 5.69 Å². The fourth-order valence-electron chi connectivity index (χ4n) is 3.25. The van der Waals surface area contributed by atoms with E-state index in [1.165, 1.54) is 36.8 Å². The minimum absolute atomic E-state index is 0.220. The molecule has 1 aromatic heterocycles. The second-order valence-corrected chi connectivity index (χ2v) is 7.01. The Bertz CT molecular complexity index is 812. The minimum Gasteiger partial charge on any atom is -0.354 e. The maximum atomic E-state index is 12.6. The fraction of sp³-hybridized carbons (Fsp3) is 0.409. The quantitative estimate of drug-likeness (QED) is 0.686. The van der Waals surface area contributed by atoms with Gasteiger partial charge in [0.15, 0.2) is 0 Å². The molecule has 1 aliphatic rings. The first-order valence-corrected chi connectivity index (χ1v) is 9.82. The van der Waals surface area contributed by atoms with Crippen molar-refractivity contribution in [2.75, 3.05) is 17.2 Å². The van der Waals surface area contributed by atoms with Crippen molar-refractivity contribution in [1.29, 1.82) is 0 Å². The van der Waals surface area contributed by atoms with Gasteiger partial charge in [0.05, 0.1) is 0 Å². The van der Waals surface area contributed by atoms with Crippen LogP contribution in [0.5, 0.6) is 0 Å². The molecule has 1 aliphatic carbocycles. The van der Waals surface area contributed by atoms with E-state index in [0.717, 1.165) is 30.8 Å². The van der Waals surface area contributed by atoms with E-state index in [4.69, 9.17) is 0 Å². The smallest absolute Gasteiger partial charge is 0.274 e. The van der Waals surface area contributed by atoms with Crippen molar-refractivity contribution in [2.45, 2.75) is 52.4 Å². The molecule has 0 saturated carbocycles. The summed E-state index contributed by atoms with van der Waals surface area (Å²) < 4.78 is 0. The van der Waals surface area contributed by atoms with E-state index in [9.17, 15) is 4.79 Å². The molecule has 142 valence electrons. The van der Waals surface area contributed by atoms with Gasteiger partial charge >= 0.3 is 0 Å². The van der Waals surface area contributed by atoms with E-state index in [1.807, 2.05) is 31.2 Å². The number of aryl methyl sites for hydroxylation is 2. The van der Waals surface area contributed by atoms with E-state index in [0.29, 0.717) is 11.6 Å². The van der Waals surface area contributed by atoms with E-state index < -0.39 is 0 Å². The first kappa shape index (κ1) is 19.1. The standard InChI is InChI=1S/C22H28N4O/c1-3-17-9-11-19(12-10-17)25-21(27)20-15-16(2)24-22(26-20)23-14-13-18-7-5-4-6-8-18/h7,9-12,15H,3-6,8,13-14H2,1-2H3,(H,25,27)(H,23,24,26). The molecule has 2 N–H and O–H groups in total. The molecule has 5 nitrogen and oxygen atoms in total. The van der Waals surface area contributed by atoms with Crippen LogP contribution < -0.4 is 10.6 Å². The number of nitrogens with one attached hydrogen (secondary N) is 2. The number of benzene rings is 1. The average molecular weight is 364 g/mol. The van der Waals surface area contributed by atoms with E-state index in [-0.39, 0.29) is 5.91 Å². The normalized spacial score (nSPS) is 13.8. The lowest BCUT2D eigenvalue weighted by molar-refractivity contribution is 0.102. The molecule has 0 fully saturated rings. The van der Waals surface area contributed by atoms with Crippen LogP contribution in [0.15, 0.2) is 42.0 Å². The molecule has 27 heavy (non-hydrogen) atoms. The van der Waals surface area contributed by atoms with Gasteiger partial charge in [0.2, 0.25) is 5.95 Å². The van der Waals surface area contributed by atoms with Gasteiger partial charge in [-0.05, 0) is 69.2 Å². The van der Waals surface area contributed by atoms with Crippen LogP contribution in [-0.2, 0) is 6.42 Å². The average Bonchev–Trinajstić information content (AvgIpc) is 2.69. The third-order valence-electron chi connectivity index (χ3n) is 4.82. The number of anilines is 2. The van der Waals surface area contributed by atoms with Gasteiger partial charge in [0, 0.05) is 17.9 Å². The van der Waals surface area contributed by atoms with E-state index in [2.05, 4.69) is 33.6 Å². The molecule has 5 heteroatoms. The molecule has 1 amide bonds. The molecular weight excluding hydrogens is 336 g/mol. The van der Waals surface area contributed by atoms with Crippen molar-refractivity contribution in [3.05, 3.63) is 58.9 Å². The molecule has 0 atom stereocenters. The van der Waals surface area contributed by atoms with Gasteiger partial charge in [-0.15, -0.1) is 0 Å². The van der Waals surface area contributed by atoms with Gasteiger partial charge < -0.3 is 10.6 Å². The lowest BCUT2D eigenvalue weighted by Crippen LogP contribution is -2.16. The van der Waals surface area contributed by atoms with Crippen molar-refractivity contribution in [2.24, 2.45) is 0 Å². The molecule has 0 radical (unpaired) electrons. The molecule has 0 aliphatic heterocycles. The number of nitrogens with zero attached hydrogens (tertiary/aromatic N) is 2. The van der Waals surface area contributed by atoms with Crippen LogP contribution in [0.3, 0.4) is 0 Å². The molecule has 1 aromatic carbocycles. The number of rotatable bonds is 7. The van der Waals surface area contributed by atoms with Gasteiger partial charge in [0.25, 0.3) is 5.91 Å². The summed E-state index contributed by atoms with van der Waals surface area (Å²) in [6.45, 7) is 4.77. The zero-order valence-corrected chi connectivity index (χ0v) is 16.2. The summed E-state index contributed by atoms with van der Waals surface area (Å²) in [4.78, 5) is 21.4. The van der Waals surface area contributed by atoms with Crippen LogP contribution in [0.25, 0.3) is 0 Å². The Kier molecular flexibility index (Phi) is 6.58. The molecular formula is C22H28N4O. The molecule has 2 aromatic rings. The van der Waals surface area contributed by atoms with Crippen molar-refractivity contribution >= 4 is 17.5 Å². The monoisotopic (exact) mass is 364 g/mol. The molecule has 3 rings (SSSR count). The van der Waals surface area contributed by atoms with E-state index in [1.54, 1.807) is 6.07 Å². The third-order valence-corrected chi connectivity index (χ3v) is 4.82. The Hall–Kier alpha value is -2.69. The Morgan fingerprint density at radius 3 is 2.67 bits per heavy atom. The molecule has 0 saturated heterocycles. The molecule has 0 bridgehead atoms. The van der Waals surface area contributed by atoms with Crippen LogP contribution in [0.4, 0.5) is 11.6 Å². The van der Waals surface area contributed by atoms with Crippen molar-refractivity contribution in [3.8, 4) is 0 Å². The lowest BCUT2D eigenvalue weighted by atomic mass is 9.97. The second-order valence-electron chi connectivity index (χ2n) is 7.01.